The van der Waals surface area contributed by atoms with E-state index in [1.165, 1.54) is 0 Å². The average molecular weight is 151 g/mol. The van der Waals surface area contributed by atoms with Crippen LogP contribution in [0.15, 0.2) is 0 Å². The Hall–Kier alpha value is 0.838. The predicted molar refractivity (Wildman–Crippen MR) is 12.0 cm³/mol. The third kappa shape index (κ3) is 102. The van der Waals surface area contributed by atoms with Gasteiger partial charge in [-0.2, -0.15) is 0 Å². The second-order valence-corrected chi connectivity index (χ2v) is 0.848. The molecule has 0 aromatic carbocycles. The summed E-state index contributed by atoms with van der Waals surface area (Å²) in [6.45, 7) is 0. The molecule has 0 heterocycles. The van der Waals surface area contributed by atoms with Gasteiger partial charge in [0.25, 0.3) is 0 Å². The van der Waals surface area contributed by atoms with Crippen molar-refractivity contribution in [3.8, 4) is 0 Å². The van der Waals surface area contributed by atoms with Gasteiger partial charge < -0.3 is 11.0 Å². The molecule has 28 valence electrons. The van der Waals surface area contributed by atoms with Gasteiger partial charge in [0.05, 0.1) is 0 Å². The Morgan fingerprint density at radius 1 is 1.50 bits per heavy atom. The average Bonchev–Trinajstić information content (AvgIpc) is 0.811. The van der Waals surface area contributed by atoms with Crippen LogP contribution in [0.2, 0.25) is 0 Å². The second kappa shape index (κ2) is 9.28. The maximum atomic E-state index is 8.74. The van der Waals surface area contributed by atoms with Crippen molar-refractivity contribution in [3.05, 3.63) is 0 Å². The van der Waals surface area contributed by atoms with Crippen LogP contribution in [-0.4, -0.2) is 18.8 Å². The Labute approximate surface area is 63.1 Å². The minimum atomic E-state index is -3.13. The molecule has 0 aliphatic carbocycles. The molecule has 0 atom stereocenters. The van der Waals surface area contributed by atoms with Crippen molar-refractivity contribution >= 4 is 9.17 Å². The van der Waals surface area contributed by atoms with Crippen LogP contribution in [0.25, 0.3) is 0 Å². The summed E-state index contributed by atoms with van der Waals surface area (Å²) in [6.07, 6.45) is 0. The molecule has 0 aromatic rings. The summed E-state index contributed by atoms with van der Waals surface area (Å²) in [7, 11) is -3.13. The van der Waals surface area contributed by atoms with Crippen molar-refractivity contribution in [2.45, 2.75) is 0 Å². The zero-order valence-corrected chi connectivity index (χ0v) is 7.48. The minimum Gasteiger partial charge on any atom is -1.00 e. The number of rotatable bonds is 0. The van der Waals surface area contributed by atoms with Gasteiger partial charge in [-0.25, -0.2) is 0 Å². The van der Waals surface area contributed by atoms with Gasteiger partial charge in [0.1, 0.15) is 0 Å². The second-order valence-electron chi connectivity index (χ2n) is 0.283. The molecule has 0 saturated carbocycles. The van der Waals surface area contributed by atoms with Crippen LogP contribution in [0.4, 0.5) is 0 Å². The van der Waals surface area contributed by atoms with Crippen molar-refractivity contribution < 1.29 is 53.8 Å². The normalized spacial score (nSPS) is 4.00. The minimum absolute atomic E-state index is 0. The van der Waals surface area contributed by atoms with Gasteiger partial charge in [0.2, 0.25) is 0 Å². The SMILES string of the molecule is O=[Si](O)O.[H-].[Li+].[Zn]. The van der Waals surface area contributed by atoms with E-state index in [1.54, 1.807) is 0 Å². The number of hydrogen-bond acceptors (Lipinski definition) is 1. The van der Waals surface area contributed by atoms with E-state index in [0.29, 0.717) is 0 Å². The van der Waals surface area contributed by atoms with E-state index in [1.807, 2.05) is 0 Å². The summed E-state index contributed by atoms with van der Waals surface area (Å²) in [5.41, 5.74) is 0. The molecule has 0 fully saturated rings. The van der Waals surface area contributed by atoms with Crippen molar-refractivity contribution in [1.82, 2.24) is 0 Å². The molecule has 0 rings (SSSR count). The first-order chi connectivity index (χ1) is 1.73. The summed E-state index contributed by atoms with van der Waals surface area (Å²) >= 11 is 0. The van der Waals surface area contributed by atoms with E-state index < -0.39 is 9.17 Å². The zero-order valence-electron chi connectivity index (χ0n) is 4.51. The summed E-state index contributed by atoms with van der Waals surface area (Å²) in [6, 6.07) is 0. The quantitative estimate of drug-likeness (QED) is 0.343. The Bertz CT molecular complexity index is 37.9. The van der Waals surface area contributed by atoms with Gasteiger partial charge in [0.15, 0.2) is 0 Å². The molecule has 0 bridgehead atoms. The smallest absolute Gasteiger partial charge is 1.00 e. The fourth-order valence-electron chi connectivity index (χ4n) is 0. The predicted octanol–water partition coefficient (Wildman–Crippen LogP) is -4.50. The van der Waals surface area contributed by atoms with Crippen molar-refractivity contribution in [3.63, 3.8) is 0 Å². The van der Waals surface area contributed by atoms with Crippen LogP contribution >= 0.6 is 0 Å². The molecule has 2 N–H and O–H groups in total. The molecule has 0 aliphatic heterocycles. The zero-order chi connectivity index (χ0) is 3.58. The molecule has 3 nitrogen and oxygen atoms in total. The van der Waals surface area contributed by atoms with Crippen molar-refractivity contribution in [2.75, 3.05) is 0 Å². The molecule has 6 heteroatoms. The Morgan fingerprint density at radius 2 is 1.50 bits per heavy atom. The van der Waals surface area contributed by atoms with Crippen molar-refractivity contribution in [1.29, 1.82) is 0 Å². The first-order valence-corrected chi connectivity index (χ1v) is 1.95. The Kier molecular flexibility index (Phi) is 24.5. The summed E-state index contributed by atoms with van der Waals surface area (Å²) in [5, 5.41) is 0. The summed E-state index contributed by atoms with van der Waals surface area (Å²) in [5.74, 6) is 0. The molecule has 0 amide bonds. The van der Waals surface area contributed by atoms with Gasteiger partial charge in [-0.3, -0.25) is 4.46 Å². The first-order valence-electron chi connectivity index (χ1n) is 0.651. The van der Waals surface area contributed by atoms with E-state index >= 15 is 0 Å². The third-order valence-electron chi connectivity index (χ3n) is 0. The molecule has 0 radical (unpaired) electrons. The van der Waals surface area contributed by atoms with Crippen LogP contribution in [-0.2, 0) is 23.9 Å². The van der Waals surface area contributed by atoms with Crippen molar-refractivity contribution in [2.24, 2.45) is 0 Å². The molecular weight excluding hydrogens is 148 g/mol. The van der Waals surface area contributed by atoms with E-state index in [-0.39, 0.29) is 39.8 Å². The first kappa shape index (κ1) is 15.8. The summed E-state index contributed by atoms with van der Waals surface area (Å²) < 4.78 is 8.74. The van der Waals surface area contributed by atoms with Crippen LogP contribution in [0.5, 0.6) is 0 Å². The molecule has 0 unspecified atom stereocenters. The number of hydrogen-bond donors (Lipinski definition) is 2. The molecule has 0 spiro atoms. The van der Waals surface area contributed by atoms with Crippen LogP contribution in [0.3, 0.4) is 0 Å². The molecular formula is H3LiO3SiZn. The third-order valence-corrected chi connectivity index (χ3v) is 0. The topological polar surface area (TPSA) is 57.5 Å². The van der Waals surface area contributed by atoms with E-state index in [2.05, 4.69) is 0 Å². The maximum absolute atomic E-state index is 8.74. The largest absolute Gasteiger partial charge is 1.00 e. The monoisotopic (exact) mass is 150 g/mol. The molecule has 0 aromatic heterocycles. The van der Waals surface area contributed by atoms with Crippen LogP contribution in [0, 0.1) is 0 Å². The molecule has 0 aliphatic rings. The molecule has 0 saturated heterocycles. The van der Waals surface area contributed by atoms with E-state index in [9.17, 15) is 0 Å². The van der Waals surface area contributed by atoms with Gasteiger partial charge >= 0.3 is 28.0 Å². The maximum Gasteiger partial charge on any atom is 1.00 e. The Balaban J connectivity index is -0.0000000150. The Morgan fingerprint density at radius 3 is 1.50 bits per heavy atom. The summed E-state index contributed by atoms with van der Waals surface area (Å²) in [4.78, 5) is 14.3. The van der Waals surface area contributed by atoms with Gasteiger partial charge in [-0.05, 0) is 0 Å². The van der Waals surface area contributed by atoms with Crippen LogP contribution < -0.4 is 18.9 Å². The van der Waals surface area contributed by atoms with E-state index in [4.69, 9.17) is 14.1 Å². The van der Waals surface area contributed by atoms with E-state index in [0.717, 1.165) is 0 Å². The fraction of sp³-hybridized carbons (Fsp3) is 0. The van der Waals surface area contributed by atoms with Gasteiger partial charge in [0, 0.05) is 19.5 Å². The standard InChI is InChI=1S/Li.H2O3Si.Zn.H/c;1-4(2)3;;/h;1-2H;;/q+1;;;-1. The van der Waals surface area contributed by atoms with Gasteiger partial charge in [-0.1, -0.05) is 0 Å². The molecule has 6 heavy (non-hydrogen) atoms. The fourth-order valence-corrected chi connectivity index (χ4v) is 0. The van der Waals surface area contributed by atoms with Gasteiger partial charge in [-0.15, -0.1) is 0 Å². The van der Waals surface area contributed by atoms with Crippen LogP contribution in [0.1, 0.15) is 1.43 Å².